The zero-order valence-corrected chi connectivity index (χ0v) is 13.7. The Morgan fingerprint density at radius 1 is 1.15 bits per heavy atom. The van der Waals surface area contributed by atoms with E-state index in [4.69, 9.17) is 14.2 Å². The number of aliphatic carboxylic acids is 1. The van der Waals surface area contributed by atoms with Crippen LogP contribution in [0.5, 0.6) is 0 Å². The van der Waals surface area contributed by atoms with Gasteiger partial charge in [0.15, 0.2) is 6.29 Å². The maximum Gasteiger partial charge on any atom is 0.335 e. The van der Waals surface area contributed by atoms with Gasteiger partial charge in [0.25, 0.3) is 0 Å². The molecule has 0 amide bonds. The van der Waals surface area contributed by atoms with E-state index in [2.05, 4.69) is 0 Å². The van der Waals surface area contributed by atoms with Gasteiger partial charge >= 0.3 is 5.97 Å². The Morgan fingerprint density at radius 2 is 1.88 bits per heavy atom. The van der Waals surface area contributed by atoms with E-state index in [0.29, 0.717) is 12.0 Å². The minimum Gasteiger partial charge on any atom is -0.478 e. The Morgan fingerprint density at radius 3 is 2.50 bits per heavy atom. The third-order valence-electron chi connectivity index (χ3n) is 5.06. The maximum absolute atomic E-state index is 11.4. The second-order valence-corrected chi connectivity index (χ2v) is 6.52. The minimum atomic E-state index is -1.61. The smallest absolute Gasteiger partial charge is 0.335 e. The summed E-state index contributed by atoms with van der Waals surface area (Å²) in [6.45, 7) is -0.917. The molecule has 3 rings (SSSR count). The number of aliphatic hydroxyl groups is 5. The lowest BCUT2D eigenvalue weighted by molar-refractivity contribution is -0.339. The highest BCUT2D eigenvalue weighted by Crippen LogP contribution is 2.44. The Balaban J connectivity index is 1.80. The molecular weight excluding hydrogens is 352 g/mol. The maximum atomic E-state index is 11.4. The number of ether oxygens (including phenoxy) is 3. The van der Waals surface area contributed by atoms with Crippen molar-refractivity contribution in [1.29, 1.82) is 0 Å². The van der Waals surface area contributed by atoms with Crippen molar-refractivity contribution in [3.05, 3.63) is 23.5 Å². The number of allylic oxidation sites excluding steroid dienone is 1. The first-order valence-corrected chi connectivity index (χ1v) is 8.23. The normalized spacial score (nSPS) is 42.5. The first-order valence-electron chi connectivity index (χ1n) is 8.23. The zero-order chi connectivity index (χ0) is 19.0. The summed E-state index contributed by atoms with van der Waals surface area (Å²) in [5.41, 5.74) is 0.583. The Kier molecular flexibility index (Phi) is 5.63. The summed E-state index contributed by atoms with van der Waals surface area (Å²) in [6, 6.07) is 0. The zero-order valence-electron chi connectivity index (χ0n) is 13.7. The van der Waals surface area contributed by atoms with Gasteiger partial charge in [-0.1, -0.05) is 6.08 Å². The average molecular weight is 374 g/mol. The summed E-state index contributed by atoms with van der Waals surface area (Å²) in [5, 5.41) is 57.8. The van der Waals surface area contributed by atoms with E-state index in [9.17, 15) is 35.4 Å². The number of carbonyl (C=O) groups is 1. The number of hydrogen-bond donors (Lipinski definition) is 6. The van der Waals surface area contributed by atoms with Crippen LogP contribution >= 0.6 is 0 Å². The summed E-state index contributed by atoms with van der Waals surface area (Å²) in [5.74, 6) is -2.22. The number of hydrogen-bond acceptors (Lipinski definition) is 9. The fourth-order valence-electron chi connectivity index (χ4n) is 3.62. The average Bonchev–Trinajstić information content (AvgIpc) is 3.06. The molecule has 6 N–H and O–H groups in total. The highest BCUT2D eigenvalue weighted by Gasteiger charge is 2.49. The first-order chi connectivity index (χ1) is 12.4. The van der Waals surface area contributed by atoms with Gasteiger partial charge in [-0.15, -0.1) is 0 Å². The molecule has 0 aromatic heterocycles. The quantitative estimate of drug-likeness (QED) is 0.288. The highest BCUT2D eigenvalue weighted by molar-refractivity contribution is 5.87. The molecule has 26 heavy (non-hydrogen) atoms. The Bertz CT molecular complexity index is 600. The summed E-state index contributed by atoms with van der Waals surface area (Å²) < 4.78 is 16.3. The molecule has 0 aromatic rings. The molecule has 0 spiro atoms. The summed E-state index contributed by atoms with van der Waals surface area (Å²) >= 11 is 0. The van der Waals surface area contributed by atoms with Crippen LogP contribution in [0.2, 0.25) is 0 Å². The van der Waals surface area contributed by atoms with E-state index in [1.807, 2.05) is 0 Å². The standard InChI is InChI=1S/C16H22O10/c17-3-6-1-2-7-8(14(22)23)5-24-15(10(6)7)26-16-13(21)12(20)11(19)9(4-18)25-16/h1,5,7,9-13,15-21H,2-4H2,(H,22,23)/t7-,9+,10+,11+,12-,13+,15-,16-/m0/s1. The van der Waals surface area contributed by atoms with Crippen LogP contribution in [0.4, 0.5) is 0 Å². The van der Waals surface area contributed by atoms with E-state index < -0.39 is 61.4 Å². The van der Waals surface area contributed by atoms with Gasteiger partial charge in [-0.2, -0.15) is 0 Å². The fraction of sp³-hybridized carbons (Fsp3) is 0.688. The molecule has 1 aliphatic carbocycles. The van der Waals surface area contributed by atoms with Crippen molar-refractivity contribution in [3.63, 3.8) is 0 Å². The van der Waals surface area contributed by atoms with Crippen LogP contribution in [-0.2, 0) is 19.0 Å². The Labute approximate surface area is 148 Å². The van der Waals surface area contributed by atoms with Crippen molar-refractivity contribution in [2.45, 2.75) is 43.4 Å². The summed E-state index contributed by atoms with van der Waals surface area (Å²) in [4.78, 5) is 11.4. The molecule has 0 unspecified atom stereocenters. The highest BCUT2D eigenvalue weighted by atomic mass is 16.8. The largest absolute Gasteiger partial charge is 0.478 e. The number of rotatable bonds is 5. The molecule has 10 heteroatoms. The molecule has 10 nitrogen and oxygen atoms in total. The molecule has 1 saturated heterocycles. The predicted molar refractivity (Wildman–Crippen MR) is 82.2 cm³/mol. The van der Waals surface area contributed by atoms with Crippen molar-refractivity contribution >= 4 is 5.97 Å². The molecule has 0 radical (unpaired) electrons. The van der Waals surface area contributed by atoms with E-state index in [0.717, 1.165) is 6.26 Å². The lowest BCUT2D eigenvalue weighted by atomic mass is 9.83. The third kappa shape index (κ3) is 3.25. The monoisotopic (exact) mass is 374 g/mol. The fourth-order valence-corrected chi connectivity index (χ4v) is 3.62. The number of fused-ring (bicyclic) bond motifs is 1. The van der Waals surface area contributed by atoms with E-state index in [1.54, 1.807) is 6.08 Å². The first kappa shape index (κ1) is 19.2. The molecule has 0 aromatic carbocycles. The lowest BCUT2D eigenvalue weighted by Crippen LogP contribution is -2.60. The van der Waals surface area contributed by atoms with Crippen LogP contribution in [0.15, 0.2) is 23.5 Å². The van der Waals surface area contributed by atoms with Gasteiger partial charge in [0.2, 0.25) is 6.29 Å². The molecule has 8 atom stereocenters. The second-order valence-electron chi connectivity index (χ2n) is 6.52. The van der Waals surface area contributed by atoms with E-state index in [1.165, 1.54) is 0 Å². The SMILES string of the molecule is O=C(O)C1=CO[C@@H](O[C@@H]2O[C@H](CO)[C@@H](O)[C@H](O)[C@H]2O)[C@@H]2C(CO)=CC[C@@H]12. The molecule has 146 valence electrons. The third-order valence-corrected chi connectivity index (χ3v) is 5.06. The minimum absolute atomic E-state index is 0.0448. The van der Waals surface area contributed by atoms with Crippen molar-refractivity contribution in [3.8, 4) is 0 Å². The summed E-state index contributed by atoms with van der Waals surface area (Å²) in [6.07, 6.45) is -5.21. The molecule has 2 heterocycles. The van der Waals surface area contributed by atoms with Crippen LogP contribution in [0, 0.1) is 11.8 Å². The predicted octanol–water partition coefficient (Wildman–Crippen LogP) is -2.32. The molecule has 0 bridgehead atoms. The van der Waals surface area contributed by atoms with Gasteiger partial charge in [-0.05, 0) is 12.0 Å². The Hall–Kier alpha value is -1.53. The molecule has 1 fully saturated rings. The molecule has 3 aliphatic rings. The van der Waals surface area contributed by atoms with Gasteiger partial charge < -0.3 is 44.8 Å². The van der Waals surface area contributed by atoms with Crippen LogP contribution in [0.1, 0.15) is 6.42 Å². The number of carboxylic acids is 1. The van der Waals surface area contributed by atoms with Crippen LogP contribution < -0.4 is 0 Å². The van der Waals surface area contributed by atoms with Crippen LogP contribution in [0.3, 0.4) is 0 Å². The topological polar surface area (TPSA) is 166 Å². The number of aliphatic hydroxyl groups excluding tert-OH is 5. The molecular formula is C16H22O10. The van der Waals surface area contributed by atoms with Crippen molar-refractivity contribution in [1.82, 2.24) is 0 Å². The van der Waals surface area contributed by atoms with Gasteiger partial charge in [-0.3, -0.25) is 0 Å². The van der Waals surface area contributed by atoms with E-state index >= 15 is 0 Å². The van der Waals surface area contributed by atoms with E-state index in [-0.39, 0.29) is 12.2 Å². The van der Waals surface area contributed by atoms with Crippen molar-refractivity contribution in [2.75, 3.05) is 13.2 Å². The summed E-state index contributed by atoms with van der Waals surface area (Å²) in [7, 11) is 0. The second kappa shape index (κ2) is 7.61. The van der Waals surface area contributed by atoms with Crippen LogP contribution in [-0.4, -0.2) is 86.8 Å². The van der Waals surface area contributed by atoms with Gasteiger partial charge in [0.05, 0.1) is 31.0 Å². The molecule has 0 saturated carbocycles. The van der Waals surface area contributed by atoms with Crippen LogP contribution in [0.25, 0.3) is 0 Å². The van der Waals surface area contributed by atoms with Crippen molar-refractivity contribution < 1.29 is 49.6 Å². The lowest BCUT2D eigenvalue weighted by Gasteiger charge is -2.42. The molecule has 2 aliphatic heterocycles. The van der Waals surface area contributed by atoms with Crippen molar-refractivity contribution in [2.24, 2.45) is 11.8 Å². The van der Waals surface area contributed by atoms with Gasteiger partial charge in [0.1, 0.15) is 24.4 Å². The number of carboxylic acid groups (broad SMARTS) is 1. The van der Waals surface area contributed by atoms with Gasteiger partial charge in [0, 0.05) is 5.92 Å². The van der Waals surface area contributed by atoms with Gasteiger partial charge in [-0.25, -0.2) is 4.79 Å².